The van der Waals surface area contributed by atoms with Crippen LogP contribution in [0.5, 0.6) is 0 Å². The number of rotatable bonds is 10. The van der Waals surface area contributed by atoms with Gasteiger partial charge in [-0.3, -0.25) is 4.79 Å². The first-order chi connectivity index (χ1) is 12.5. The number of amides is 2. The molecule has 0 spiro atoms. The van der Waals surface area contributed by atoms with Gasteiger partial charge in [-0.2, -0.15) is 0 Å². The third-order valence-corrected chi connectivity index (χ3v) is 4.66. The first kappa shape index (κ1) is 20.4. The molecule has 1 aromatic carbocycles. The first-order valence-electron chi connectivity index (χ1n) is 9.27. The van der Waals surface area contributed by atoms with Gasteiger partial charge < -0.3 is 14.6 Å². The Morgan fingerprint density at radius 2 is 1.96 bits per heavy atom. The number of carbonyl (C=O) groups excluding carboxylic acids is 2. The molecule has 0 aliphatic carbocycles. The van der Waals surface area contributed by atoms with E-state index in [-0.39, 0.29) is 24.7 Å². The minimum Gasteiger partial charge on any atom is -0.447 e. The predicted molar refractivity (Wildman–Crippen MR) is 97.7 cm³/mol. The van der Waals surface area contributed by atoms with E-state index in [0.29, 0.717) is 12.8 Å². The molecule has 0 bridgehead atoms. The maximum Gasteiger partial charge on any atom is 0.417 e. The molecule has 2 amide bonds. The van der Waals surface area contributed by atoms with Gasteiger partial charge in [0.25, 0.3) is 5.91 Å². The number of imide groups is 1. The number of methoxy groups -OCH3 is 1. The fourth-order valence-electron chi connectivity index (χ4n) is 3.21. The summed E-state index contributed by atoms with van der Waals surface area (Å²) in [5.74, 6) is -0.327. The number of unbranched alkanes of at least 4 members (excludes halogenated alkanes) is 2. The van der Waals surface area contributed by atoms with Crippen LogP contribution in [0.2, 0.25) is 0 Å². The van der Waals surface area contributed by atoms with Crippen molar-refractivity contribution in [1.29, 1.82) is 0 Å². The van der Waals surface area contributed by atoms with E-state index < -0.39 is 12.2 Å². The summed E-state index contributed by atoms with van der Waals surface area (Å²) in [5.41, 5.74) is 1.06. The van der Waals surface area contributed by atoms with Gasteiger partial charge in [-0.25, -0.2) is 9.69 Å². The van der Waals surface area contributed by atoms with Crippen molar-refractivity contribution in [3.63, 3.8) is 0 Å². The molecule has 1 fully saturated rings. The predicted octanol–water partition coefficient (Wildman–Crippen LogP) is 2.92. The molecule has 144 valence electrons. The number of hydrogen-bond acceptors (Lipinski definition) is 5. The molecule has 0 radical (unpaired) electrons. The lowest BCUT2D eigenvalue weighted by molar-refractivity contribution is -0.140. The Labute approximate surface area is 155 Å². The molecule has 6 nitrogen and oxygen atoms in total. The summed E-state index contributed by atoms with van der Waals surface area (Å²) in [6.45, 7) is 1.98. The molecule has 26 heavy (non-hydrogen) atoms. The van der Waals surface area contributed by atoms with Crippen molar-refractivity contribution in [2.75, 3.05) is 13.7 Å². The van der Waals surface area contributed by atoms with Crippen LogP contribution in [-0.4, -0.2) is 54.0 Å². The summed E-state index contributed by atoms with van der Waals surface area (Å²) in [5, 5.41) is 9.28. The Morgan fingerprint density at radius 1 is 1.27 bits per heavy atom. The largest absolute Gasteiger partial charge is 0.447 e. The van der Waals surface area contributed by atoms with Gasteiger partial charge in [-0.1, -0.05) is 49.6 Å². The molecule has 0 unspecified atom stereocenters. The van der Waals surface area contributed by atoms with Crippen LogP contribution in [0.3, 0.4) is 0 Å². The Bertz CT molecular complexity index is 575. The minimum absolute atomic E-state index is 0.213. The molecule has 2 rings (SSSR count). The maximum atomic E-state index is 12.8. The highest BCUT2D eigenvalue weighted by atomic mass is 16.6. The molecule has 1 heterocycles. The van der Waals surface area contributed by atoms with Crippen molar-refractivity contribution >= 4 is 12.0 Å². The average molecular weight is 363 g/mol. The molecule has 0 aromatic heterocycles. The summed E-state index contributed by atoms with van der Waals surface area (Å²) in [4.78, 5) is 26.1. The van der Waals surface area contributed by atoms with Gasteiger partial charge in [0.05, 0.1) is 12.1 Å². The number of aliphatic hydroxyl groups excluding tert-OH is 1. The zero-order chi connectivity index (χ0) is 18.9. The van der Waals surface area contributed by atoms with Crippen molar-refractivity contribution in [2.24, 2.45) is 0 Å². The third kappa shape index (κ3) is 5.81. The fraction of sp³-hybridized carbons (Fsp3) is 0.600. The third-order valence-electron chi connectivity index (χ3n) is 4.66. The topological polar surface area (TPSA) is 76.1 Å². The number of aliphatic hydroxyl groups is 1. The summed E-state index contributed by atoms with van der Waals surface area (Å²) in [7, 11) is 1.49. The highest BCUT2D eigenvalue weighted by Crippen LogP contribution is 2.21. The van der Waals surface area contributed by atoms with Gasteiger partial charge in [-0.15, -0.1) is 0 Å². The highest BCUT2D eigenvalue weighted by molar-refractivity contribution is 5.96. The monoisotopic (exact) mass is 363 g/mol. The Kier molecular flexibility index (Phi) is 8.06. The van der Waals surface area contributed by atoms with Crippen LogP contribution < -0.4 is 0 Å². The zero-order valence-electron chi connectivity index (χ0n) is 15.6. The molecule has 1 aliphatic heterocycles. The normalized spacial score (nSPS) is 19.3. The van der Waals surface area contributed by atoms with Crippen LogP contribution in [-0.2, 0) is 20.7 Å². The second-order valence-electron chi connectivity index (χ2n) is 6.84. The fourth-order valence-corrected chi connectivity index (χ4v) is 3.21. The standard InChI is InChI=1S/C20H29NO5/c1-15(22)9-5-3-8-12-18(25-2)19(23)21-17(14-26-20(21)24)13-16-10-6-4-7-11-16/h4,6-7,10-11,15,17-18,22H,3,5,8-9,12-14H2,1-2H3/t15-,17-,18-/m1/s1. The number of cyclic esters (lactones) is 1. The van der Waals surface area contributed by atoms with Crippen LogP contribution in [0.25, 0.3) is 0 Å². The van der Waals surface area contributed by atoms with Crippen LogP contribution in [0, 0.1) is 0 Å². The summed E-state index contributed by atoms with van der Waals surface area (Å²) in [6.07, 6.45) is 2.97. The van der Waals surface area contributed by atoms with E-state index in [1.165, 1.54) is 12.0 Å². The van der Waals surface area contributed by atoms with Crippen LogP contribution in [0.15, 0.2) is 30.3 Å². The Morgan fingerprint density at radius 3 is 2.62 bits per heavy atom. The molecular weight excluding hydrogens is 334 g/mol. The molecule has 1 N–H and O–H groups in total. The van der Waals surface area contributed by atoms with E-state index >= 15 is 0 Å². The van der Waals surface area contributed by atoms with E-state index in [2.05, 4.69) is 0 Å². The molecular formula is C20H29NO5. The lowest BCUT2D eigenvalue weighted by Crippen LogP contribution is -2.46. The average Bonchev–Trinajstić information content (AvgIpc) is 2.98. The second kappa shape index (κ2) is 10.3. The first-order valence-corrected chi connectivity index (χ1v) is 9.27. The highest BCUT2D eigenvalue weighted by Gasteiger charge is 2.40. The van der Waals surface area contributed by atoms with E-state index in [0.717, 1.165) is 31.2 Å². The van der Waals surface area contributed by atoms with Gasteiger partial charge in [0.2, 0.25) is 0 Å². The van der Waals surface area contributed by atoms with Crippen molar-refractivity contribution in [3.05, 3.63) is 35.9 Å². The zero-order valence-corrected chi connectivity index (χ0v) is 15.6. The number of ether oxygens (including phenoxy) is 2. The lowest BCUT2D eigenvalue weighted by atomic mass is 10.0. The van der Waals surface area contributed by atoms with Gasteiger partial charge >= 0.3 is 6.09 Å². The number of benzene rings is 1. The second-order valence-corrected chi connectivity index (χ2v) is 6.84. The van der Waals surface area contributed by atoms with Crippen molar-refractivity contribution in [3.8, 4) is 0 Å². The summed E-state index contributed by atoms with van der Waals surface area (Å²) in [6, 6.07) is 9.45. The Balaban J connectivity index is 1.91. The van der Waals surface area contributed by atoms with Gasteiger partial charge in [0, 0.05) is 7.11 Å². The quantitative estimate of drug-likeness (QED) is 0.647. The van der Waals surface area contributed by atoms with Crippen molar-refractivity contribution in [2.45, 2.75) is 63.7 Å². The van der Waals surface area contributed by atoms with E-state index in [4.69, 9.17) is 9.47 Å². The molecule has 1 aromatic rings. The van der Waals surface area contributed by atoms with Crippen LogP contribution in [0.4, 0.5) is 4.79 Å². The number of hydrogen-bond donors (Lipinski definition) is 1. The number of nitrogens with zero attached hydrogens (tertiary/aromatic N) is 1. The van der Waals surface area contributed by atoms with E-state index in [1.54, 1.807) is 6.92 Å². The molecule has 1 saturated heterocycles. The van der Waals surface area contributed by atoms with Gasteiger partial charge in [0.1, 0.15) is 12.7 Å². The SMILES string of the molecule is CO[C@H](CCCCC[C@@H](C)O)C(=O)N1C(=O)OC[C@H]1Cc1ccccc1. The van der Waals surface area contributed by atoms with Crippen LogP contribution in [0.1, 0.15) is 44.6 Å². The summed E-state index contributed by atoms with van der Waals surface area (Å²) >= 11 is 0. The molecule has 0 saturated carbocycles. The minimum atomic E-state index is -0.648. The molecule has 1 aliphatic rings. The number of carbonyl (C=O) groups is 2. The summed E-state index contributed by atoms with van der Waals surface area (Å²) < 4.78 is 10.5. The maximum absolute atomic E-state index is 12.8. The van der Waals surface area contributed by atoms with Crippen molar-refractivity contribution < 1.29 is 24.2 Å². The van der Waals surface area contributed by atoms with Crippen LogP contribution >= 0.6 is 0 Å². The van der Waals surface area contributed by atoms with Crippen molar-refractivity contribution in [1.82, 2.24) is 4.90 Å². The van der Waals surface area contributed by atoms with Gasteiger partial charge in [-0.05, 0) is 31.7 Å². The van der Waals surface area contributed by atoms with Gasteiger partial charge in [0.15, 0.2) is 0 Å². The Hall–Kier alpha value is -1.92. The lowest BCUT2D eigenvalue weighted by Gasteiger charge is -2.24. The molecule has 3 atom stereocenters. The smallest absolute Gasteiger partial charge is 0.417 e. The van der Waals surface area contributed by atoms with E-state index in [9.17, 15) is 14.7 Å². The van der Waals surface area contributed by atoms with E-state index in [1.807, 2.05) is 30.3 Å². The molecule has 6 heteroatoms.